The molecule has 108 valence electrons. The van der Waals surface area contributed by atoms with Crippen LogP contribution in [-0.4, -0.2) is 54.2 Å². The highest BCUT2D eigenvalue weighted by Gasteiger charge is 2.32. The van der Waals surface area contributed by atoms with Gasteiger partial charge < -0.3 is 20.3 Å². The molecular formula is C13H23N3O3. The molecular weight excluding hydrogens is 246 g/mol. The summed E-state index contributed by atoms with van der Waals surface area (Å²) in [5.74, 6) is 0.0968. The zero-order chi connectivity index (χ0) is 14.0. The summed E-state index contributed by atoms with van der Waals surface area (Å²) in [5.41, 5.74) is -0.454. The van der Waals surface area contributed by atoms with Gasteiger partial charge >= 0.3 is 6.09 Å². The molecule has 2 saturated heterocycles. The Kier molecular flexibility index (Phi) is 3.99. The predicted molar refractivity (Wildman–Crippen MR) is 70.8 cm³/mol. The van der Waals surface area contributed by atoms with Crippen LogP contribution in [0.3, 0.4) is 0 Å². The molecule has 2 N–H and O–H groups in total. The molecule has 0 radical (unpaired) electrons. The Morgan fingerprint density at radius 3 is 2.74 bits per heavy atom. The van der Waals surface area contributed by atoms with E-state index in [1.165, 1.54) is 0 Å². The first-order chi connectivity index (χ1) is 8.83. The minimum Gasteiger partial charge on any atom is -0.444 e. The van der Waals surface area contributed by atoms with Crippen LogP contribution in [0.15, 0.2) is 0 Å². The van der Waals surface area contributed by atoms with Crippen molar-refractivity contribution >= 4 is 12.0 Å². The molecule has 2 fully saturated rings. The zero-order valence-corrected chi connectivity index (χ0v) is 11.9. The number of nitrogens with one attached hydrogen (secondary N) is 2. The molecule has 2 aliphatic heterocycles. The van der Waals surface area contributed by atoms with E-state index in [2.05, 4.69) is 10.6 Å². The molecule has 2 atom stereocenters. The molecule has 2 rings (SSSR count). The molecule has 0 bridgehead atoms. The Hall–Kier alpha value is -1.30. The van der Waals surface area contributed by atoms with Crippen molar-refractivity contribution in [3.8, 4) is 0 Å². The maximum Gasteiger partial charge on any atom is 0.410 e. The summed E-state index contributed by atoms with van der Waals surface area (Å²) in [4.78, 5) is 24.8. The fourth-order valence-corrected chi connectivity index (χ4v) is 2.44. The quantitative estimate of drug-likeness (QED) is 0.764. The Bertz CT molecular complexity index is 365. The number of hydrogen-bond acceptors (Lipinski definition) is 4. The van der Waals surface area contributed by atoms with Gasteiger partial charge in [-0.15, -0.1) is 0 Å². The van der Waals surface area contributed by atoms with E-state index in [9.17, 15) is 9.59 Å². The maximum atomic E-state index is 11.9. The fourth-order valence-electron chi connectivity index (χ4n) is 2.44. The molecule has 0 aliphatic carbocycles. The SMILES string of the molecule is CC(C)(C)OC(=O)N1CCC(NC2CNC(=O)C2)C1. The molecule has 6 heteroatoms. The molecule has 2 amide bonds. The smallest absolute Gasteiger partial charge is 0.410 e. The molecule has 19 heavy (non-hydrogen) atoms. The highest BCUT2D eigenvalue weighted by atomic mass is 16.6. The Morgan fingerprint density at radius 2 is 2.16 bits per heavy atom. The average Bonchev–Trinajstić information content (AvgIpc) is 2.86. The van der Waals surface area contributed by atoms with Gasteiger partial charge in [-0.1, -0.05) is 0 Å². The summed E-state index contributed by atoms with van der Waals surface area (Å²) in [7, 11) is 0. The van der Waals surface area contributed by atoms with Crippen molar-refractivity contribution in [2.24, 2.45) is 0 Å². The van der Waals surface area contributed by atoms with Crippen molar-refractivity contribution in [3.63, 3.8) is 0 Å². The summed E-state index contributed by atoms with van der Waals surface area (Å²) >= 11 is 0. The van der Waals surface area contributed by atoms with Crippen molar-refractivity contribution in [2.75, 3.05) is 19.6 Å². The third-order valence-corrected chi connectivity index (χ3v) is 3.29. The van der Waals surface area contributed by atoms with Gasteiger partial charge in [-0.25, -0.2) is 4.79 Å². The van der Waals surface area contributed by atoms with Gasteiger partial charge in [-0.05, 0) is 27.2 Å². The molecule has 0 spiro atoms. The molecule has 2 heterocycles. The first-order valence-electron chi connectivity index (χ1n) is 6.84. The number of nitrogens with zero attached hydrogens (tertiary/aromatic N) is 1. The molecule has 0 aromatic rings. The van der Waals surface area contributed by atoms with Gasteiger partial charge in [0.2, 0.25) is 5.91 Å². The second-order valence-electron chi connectivity index (χ2n) is 6.28. The zero-order valence-electron chi connectivity index (χ0n) is 11.9. The van der Waals surface area contributed by atoms with Crippen LogP contribution in [0.5, 0.6) is 0 Å². The van der Waals surface area contributed by atoms with Crippen molar-refractivity contribution in [1.29, 1.82) is 0 Å². The van der Waals surface area contributed by atoms with Crippen LogP contribution < -0.4 is 10.6 Å². The Labute approximate surface area is 113 Å². The number of carbonyl (C=O) groups is 2. The molecule has 0 aromatic heterocycles. The van der Waals surface area contributed by atoms with E-state index in [0.717, 1.165) is 6.42 Å². The van der Waals surface area contributed by atoms with Gasteiger partial charge in [0.05, 0.1) is 0 Å². The van der Waals surface area contributed by atoms with E-state index in [-0.39, 0.29) is 24.1 Å². The second kappa shape index (κ2) is 5.36. The Balaban J connectivity index is 1.76. The standard InChI is InChI=1S/C13H23N3O3/c1-13(2,3)19-12(18)16-5-4-9(8-16)15-10-6-11(17)14-7-10/h9-10,15H,4-8H2,1-3H3,(H,14,17). The minimum atomic E-state index is -0.454. The summed E-state index contributed by atoms with van der Waals surface area (Å²) in [6.45, 7) is 7.65. The average molecular weight is 269 g/mol. The molecule has 0 saturated carbocycles. The number of hydrogen-bond donors (Lipinski definition) is 2. The number of likely N-dealkylation sites (tertiary alicyclic amines) is 1. The number of carbonyl (C=O) groups excluding carboxylic acids is 2. The summed E-state index contributed by atoms with van der Waals surface area (Å²) < 4.78 is 5.35. The highest BCUT2D eigenvalue weighted by Crippen LogP contribution is 2.16. The van der Waals surface area contributed by atoms with Crippen molar-refractivity contribution in [1.82, 2.24) is 15.5 Å². The second-order valence-corrected chi connectivity index (χ2v) is 6.28. The van der Waals surface area contributed by atoms with E-state index in [1.54, 1.807) is 4.90 Å². The van der Waals surface area contributed by atoms with E-state index in [0.29, 0.717) is 26.1 Å². The lowest BCUT2D eigenvalue weighted by atomic mass is 10.2. The number of ether oxygens (including phenoxy) is 1. The van der Waals surface area contributed by atoms with E-state index in [4.69, 9.17) is 4.74 Å². The summed E-state index contributed by atoms with van der Waals surface area (Å²) in [6.07, 6.45) is 1.18. The summed E-state index contributed by atoms with van der Waals surface area (Å²) in [5, 5.41) is 6.23. The van der Waals surface area contributed by atoms with E-state index >= 15 is 0 Å². The van der Waals surface area contributed by atoms with E-state index in [1.807, 2.05) is 20.8 Å². The molecule has 6 nitrogen and oxygen atoms in total. The van der Waals surface area contributed by atoms with Crippen molar-refractivity contribution < 1.29 is 14.3 Å². The van der Waals surface area contributed by atoms with Crippen molar-refractivity contribution in [3.05, 3.63) is 0 Å². The molecule has 0 aromatic carbocycles. The third kappa shape index (κ3) is 4.09. The number of rotatable bonds is 2. The Morgan fingerprint density at radius 1 is 1.42 bits per heavy atom. The van der Waals surface area contributed by atoms with E-state index < -0.39 is 5.60 Å². The van der Waals surface area contributed by atoms with Gasteiger partial charge in [-0.3, -0.25) is 4.79 Å². The van der Waals surface area contributed by atoms with Crippen LogP contribution in [0.1, 0.15) is 33.6 Å². The van der Waals surface area contributed by atoms with Gasteiger partial charge in [0.25, 0.3) is 0 Å². The first-order valence-corrected chi connectivity index (χ1v) is 6.84. The lowest BCUT2D eigenvalue weighted by Crippen LogP contribution is -2.42. The predicted octanol–water partition coefficient (Wildman–Crippen LogP) is 0.474. The van der Waals surface area contributed by atoms with Crippen molar-refractivity contribution in [2.45, 2.75) is 51.3 Å². The van der Waals surface area contributed by atoms with Gasteiger partial charge in [-0.2, -0.15) is 0 Å². The third-order valence-electron chi connectivity index (χ3n) is 3.29. The van der Waals surface area contributed by atoms with Gasteiger partial charge in [0, 0.05) is 38.1 Å². The van der Waals surface area contributed by atoms with Gasteiger partial charge in [0.15, 0.2) is 0 Å². The minimum absolute atomic E-state index is 0.0968. The number of amides is 2. The monoisotopic (exact) mass is 269 g/mol. The lowest BCUT2D eigenvalue weighted by molar-refractivity contribution is -0.119. The fraction of sp³-hybridized carbons (Fsp3) is 0.846. The van der Waals surface area contributed by atoms with Crippen LogP contribution in [0.4, 0.5) is 4.79 Å². The van der Waals surface area contributed by atoms with Crippen LogP contribution in [0, 0.1) is 0 Å². The normalized spacial score (nSPS) is 27.5. The highest BCUT2D eigenvalue weighted by molar-refractivity contribution is 5.78. The molecule has 2 aliphatic rings. The van der Waals surface area contributed by atoms with Gasteiger partial charge in [0.1, 0.15) is 5.60 Å². The van der Waals surface area contributed by atoms with Crippen LogP contribution >= 0.6 is 0 Å². The van der Waals surface area contributed by atoms with Crippen LogP contribution in [0.2, 0.25) is 0 Å². The lowest BCUT2D eigenvalue weighted by Gasteiger charge is -2.24. The van der Waals surface area contributed by atoms with Crippen LogP contribution in [0.25, 0.3) is 0 Å². The topological polar surface area (TPSA) is 70.7 Å². The molecule has 2 unspecified atom stereocenters. The summed E-state index contributed by atoms with van der Waals surface area (Å²) in [6, 6.07) is 0.446. The van der Waals surface area contributed by atoms with Crippen LogP contribution in [-0.2, 0) is 9.53 Å². The maximum absolute atomic E-state index is 11.9. The first kappa shape index (κ1) is 14.1. The largest absolute Gasteiger partial charge is 0.444 e.